The minimum atomic E-state index is -0.422. The van der Waals surface area contributed by atoms with Crippen LogP contribution in [0.1, 0.15) is 18.1 Å². The summed E-state index contributed by atoms with van der Waals surface area (Å²) in [5.41, 5.74) is 1.61. The van der Waals surface area contributed by atoms with Gasteiger partial charge in [-0.1, -0.05) is 42.8 Å². The van der Waals surface area contributed by atoms with E-state index in [0.717, 1.165) is 12.1 Å². The fourth-order valence-electron chi connectivity index (χ4n) is 2.39. The summed E-state index contributed by atoms with van der Waals surface area (Å²) >= 11 is 5.80. The highest BCUT2D eigenvalue weighted by molar-refractivity contribution is 6.30. The standard InChI is InChI=1S/C17H18ClF2N/c1-2-21-14(11-13-5-3-4-6-16(13)19)9-12-7-8-17(20)15(18)10-12/h3-8,10,14,21H,2,9,11H2,1H3. The van der Waals surface area contributed by atoms with Gasteiger partial charge in [0.2, 0.25) is 0 Å². The van der Waals surface area contributed by atoms with Crippen LogP contribution in [0, 0.1) is 11.6 Å². The first-order chi connectivity index (χ1) is 10.1. The normalized spacial score (nSPS) is 12.4. The first-order valence-electron chi connectivity index (χ1n) is 7.01. The van der Waals surface area contributed by atoms with Gasteiger partial charge in [0.25, 0.3) is 0 Å². The van der Waals surface area contributed by atoms with Gasteiger partial charge < -0.3 is 5.32 Å². The van der Waals surface area contributed by atoms with Crippen LogP contribution >= 0.6 is 11.6 Å². The zero-order chi connectivity index (χ0) is 15.2. The Morgan fingerprint density at radius 3 is 2.48 bits per heavy atom. The number of hydrogen-bond acceptors (Lipinski definition) is 1. The van der Waals surface area contributed by atoms with Crippen molar-refractivity contribution < 1.29 is 8.78 Å². The van der Waals surface area contributed by atoms with E-state index in [1.165, 1.54) is 12.1 Å². The van der Waals surface area contributed by atoms with Crippen LogP contribution < -0.4 is 5.32 Å². The quantitative estimate of drug-likeness (QED) is 0.835. The van der Waals surface area contributed by atoms with E-state index in [-0.39, 0.29) is 16.9 Å². The molecule has 1 unspecified atom stereocenters. The van der Waals surface area contributed by atoms with Crippen LogP contribution in [0.5, 0.6) is 0 Å². The largest absolute Gasteiger partial charge is 0.314 e. The van der Waals surface area contributed by atoms with E-state index in [0.29, 0.717) is 18.4 Å². The molecular formula is C17H18ClF2N. The van der Waals surface area contributed by atoms with Crippen molar-refractivity contribution in [3.05, 3.63) is 70.2 Å². The van der Waals surface area contributed by atoms with E-state index in [1.54, 1.807) is 24.3 Å². The molecule has 2 aromatic carbocycles. The molecule has 0 bridgehead atoms. The summed E-state index contributed by atoms with van der Waals surface area (Å²) in [4.78, 5) is 0. The van der Waals surface area contributed by atoms with Crippen LogP contribution in [0.3, 0.4) is 0 Å². The molecular weight excluding hydrogens is 292 g/mol. The summed E-state index contributed by atoms with van der Waals surface area (Å²) < 4.78 is 26.9. The first kappa shape index (κ1) is 15.9. The van der Waals surface area contributed by atoms with Crippen LogP contribution in [0.4, 0.5) is 8.78 Å². The van der Waals surface area contributed by atoms with E-state index >= 15 is 0 Å². The van der Waals surface area contributed by atoms with Crippen molar-refractivity contribution >= 4 is 11.6 Å². The van der Waals surface area contributed by atoms with E-state index in [4.69, 9.17) is 11.6 Å². The van der Waals surface area contributed by atoms with Gasteiger partial charge >= 0.3 is 0 Å². The molecule has 112 valence electrons. The average molecular weight is 310 g/mol. The summed E-state index contributed by atoms with van der Waals surface area (Å²) in [5.74, 6) is -0.618. The second-order valence-corrected chi connectivity index (χ2v) is 5.41. The molecule has 2 rings (SSSR count). The summed E-state index contributed by atoms with van der Waals surface area (Å²) in [6.07, 6.45) is 1.25. The lowest BCUT2D eigenvalue weighted by molar-refractivity contribution is 0.505. The molecule has 1 atom stereocenters. The topological polar surface area (TPSA) is 12.0 Å². The molecule has 0 radical (unpaired) electrons. The Kier molecular flexibility index (Phi) is 5.71. The van der Waals surface area contributed by atoms with Gasteiger partial charge in [-0.25, -0.2) is 8.78 Å². The SMILES string of the molecule is CCNC(Cc1ccc(F)c(Cl)c1)Cc1ccccc1F. The fraction of sp³-hybridized carbons (Fsp3) is 0.294. The Balaban J connectivity index is 2.11. The maximum Gasteiger partial charge on any atom is 0.141 e. The van der Waals surface area contributed by atoms with Gasteiger partial charge in [-0.05, 0) is 48.7 Å². The van der Waals surface area contributed by atoms with Crippen molar-refractivity contribution in [2.75, 3.05) is 6.54 Å². The Morgan fingerprint density at radius 2 is 1.81 bits per heavy atom. The molecule has 0 aliphatic carbocycles. The van der Waals surface area contributed by atoms with Crippen molar-refractivity contribution in [3.63, 3.8) is 0 Å². The van der Waals surface area contributed by atoms with Crippen LogP contribution in [0.25, 0.3) is 0 Å². The van der Waals surface area contributed by atoms with E-state index < -0.39 is 5.82 Å². The van der Waals surface area contributed by atoms with Gasteiger partial charge in [0, 0.05) is 6.04 Å². The summed E-state index contributed by atoms with van der Waals surface area (Å²) in [7, 11) is 0. The molecule has 21 heavy (non-hydrogen) atoms. The van der Waals surface area contributed by atoms with Crippen molar-refractivity contribution in [2.24, 2.45) is 0 Å². The highest BCUT2D eigenvalue weighted by Gasteiger charge is 2.13. The average Bonchev–Trinajstić information content (AvgIpc) is 2.46. The van der Waals surface area contributed by atoms with Crippen molar-refractivity contribution in [2.45, 2.75) is 25.8 Å². The Hall–Kier alpha value is -1.45. The van der Waals surface area contributed by atoms with Crippen molar-refractivity contribution in [1.82, 2.24) is 5.32 Å². The van der Waals surface area contributed by atoms with E-state index in [1.807, 2.05) is 13.0 Å². The van der Waals surface area contributed by atoms with E-state index in [9.17, 15) is 8.78 Å². The predicted octanol–water partition coefficient (Wildman–Crippen LogP) is 4.38. The number of rotatable bonds is 6. The Labute approximate surface area is 128 Å². The smallest absolute Gasteiger partial charge is 0.141 e. The Bertz CT molecular complexity index is 601. The zero-order valence-corrected chi connectivity index (χ0v) is 12.6. The molecule has 0 aromatic heterocycles. The van der Waals surface area contributed by atoms with Gasteiger partial charge in [-0.15, -0.1) is 0 Å². The molecule has 4 heteroatoms. The molecule has 0 heterocycles. The minimum Gasteiger partial charge on any atom is -0.314 e. The van der Waals surface area contributed by atoms with E-state index in [2.05, 4.69) is 5.32 Å². The van der Waals surface area contributed by atoms with Gasteiger partial charge in [0.05, 0.1) is 5.02 Å². The highest BCUT2D eigenvalue weighted by atomic mass is 35.5. The van der Waals surface area contributed by atoms with Gasteiger partial charge in [0.1, 0.15) is 11.6 Å². The molecule has 0 amide bonds. The zero-order valence-electron chi connectivity index (χ0n) is 11.9. The molecule has 0 aliphatic heterocycles. The van der Waals surface area contributed by atoms with Gasteiger partial charge in [-0.2, -0.15) is 0 Å². The number of benzene rings is 2. The minimum absolute atomic E-state index is 0.0772. The van der Waals surface area contributed by atoms with Gasteiger partial charge in [0.15, 0.2) is 0 Å². The highest BCUT2D eigenvalue weighted by Crippen LogP contribution is 2.18. The maximum atomic E-state index is 13.7. The predicted molar refractivity (Wildman–Crippen MR) is 82.7 cm³/mol. The van der Waals surface area contributed by atoms with Crippen molar-refractivity contribution in [3.8, 4) is 0 Å². The third-order valence-corrected chi connectivity index (χ3v) is 3.67. The summed E-state index contributed by atoms with van der Waals surface area (Å²) in [6.45, 7) is 2.79. The molecule has 0 spiro atoms. The van der Waals surface area contributed by atoms with Crippen LogP contribution in [0.15, 0.2) is 42.5 Å². The maximum absolute atomic E-state index is 13.7. The number of hydrogen-bond donors (Lipinski definition) is 1. The lowest BCUT2D eigenvalue weighted by Gasteiger charge is -2.18. The lowest BCUT2D eigenvalue weighted by Crippen LogP contribution is -2.33. The Morgan fingerprint density at radius 1 is 1.05 bits per heavy atom. The molecule has 0 aliphatic rings. The number of halogens is 3. The molecule has 2 aromatic rings. The number of nitrogens with one attached hydrogen (secondary N) is 1. The summed E-state index contributed by atoms with van der Waals surface area (Å²) in [6, 6.07) is 11.6. The van der Waals surface area contributed by atoms with Crippen LogP contribution in [0.2, 0.25) is 5.02 Å². The van der Waals surface area contributed by atoms with Crippen molar-refractivity contribution in [1.29, 1.82) is 0 Å². The summed E-state index contributed by atoms with van der Waals surface area (Å²) in [5, 5.41) is 3.46. The lowest BCUT2D eigenvalue weighted by atomic mass is 9.98. The number of likely N-dealkylation sites (N-methyl/N-ethyl adjacent to an activating group) is 1. The molecule has 1 N–H and O–H groups in total. The molecule has 0 saturated carbocycles. The second kappa shape index (κ2) is 7.53. The second-order valence-electron chi connectivity index (χ2n) is 5.00. The van der Waals surface area contributed by atoms with Gasteiger partial charge in [-0.3, -0.25) is 0 Å². The molecule has 0 saturated heterocycles. The van der Waals surface area contributed by atoms with Crippen LogP contribution in [-0.2, 0) is 12.8 Å². The molecule has 1 nitrogen and oxygen atoms in total. The monoisotopic (exact) mass is 309 g/mol. The fourth-order valence-corrected chi connectivity index (χ4v) is 2.59. The van der Waals surface area contributed by atoms with Crippen LogP contribution in [-0.4, -0.2) is 12.6 Å². The first-order valence-corrected chi connectivity index (χ1v) is 7.38. The third-order valence-electron chi connectivity index (χ3n) is 3.38. The molecule has 0 fully saturated rings. The third kappa shape index (κ3) is 4.51.